The zero-order valence-corrected chi connectivity index (χ0v) is 15.0. The summed E-state index contributed by atoms with van der Waals surface area (Å²) in [6.07, 6.45) is 7.40. The van der Waals surface area contributed by atoms with E-state index in [1.165, 1.54) is 6.42 Å². The van der Waals surface area contributed by atoms with Gasteiger partial charge in [0.25, 0.3) is 0 Å². The van der Waals surface area contributed by atoms with Crippen LogP contribution in [0.15, 0.2) is 12.7 Å². The predicted octanol–water partition coefficient (Wildman–Crippen LogP) is 1.98. The Morgan fingerprint density at radius 1 is 1.20 bits per heavy atom. The number of nitrogens with zero attached hydrogens (tertiary/aromatic N) is 5. The molecule has 1 saturated carbocycles. The Morgan fingerprint density at radius 3 is 2.84 bits per heavy atom. The minimum Gasteiger partial charge on any atom is -0.354 e. The van der Waals surface area contributed by atoms with E-state index in [2.05, 4.69) is 36.7 Å². The van der Waals surface area contributed by atoms with Crippen LogP contribution in [0.1, 0.15) is 39.5 Å². The van der Waals surface area contributed by atoms with E-state index in [9.17, 15) is 4.79 Å². The van der Waals surface area contributed by atoms with E-state index in [1.807, 2.05) is 13.3 Å². The molecule has 2 aliphatic rings. The van der Waals surface area contributed by atoms with Crippen molar-refractivity contribution in [2.45, 2.75) is 52.1 Å². The van der Waals surface area contributed by atoms with Crippen molar-refractivity contribution in [1.82, 2.24) is 24.8 Å². The van der Waals surface area contributed by atoms with Gasteiger partial charge in [0.2, 0.25) is 5.91 Å². The van der Waals surface area contributed by atoms with Crippen molar-refractivity contribution in [3.63, 3.8) is 0 Å². The largest absolute Gasteiger partial charge is 0.354 e. The van der Waals surface area contributed by atoms with Crippen LogP contribution in [0.25, 0.3) is 11.2 Å². The molecule has 7 nitrogen and oxygen atoms in total. The number of imidazole rings is 1. The van der Waals surface area contributed by atoms with Gasteiger partial charge in [-0.05, 0) is 38.0 Å². The maximum atomic E-state index is 11.7. The number of aromatic nitrogens is 4. The van der Waals surface area contributed by atoms with Gasteiger partial charge in [0, 0.05) is 32.1 Å². The van der Waals surface area contributed by atoms with Gasteiger partial charge >= 0.3 is 0 Å². The number of aryl methyl sites for hydroxylation is 1. The second kappa shape index (κ2) is 6.61. The van der Waals surface area contributed by atoms with Crippen molar-refractivity contribution >= 4 is 22.9 Å². The van der Waals surface area contributed by atoms with Gasteiger partial charge in [0.05, 0.1) is 6.33 Å². The van der Waals surface area contributed by atoms with Crippen LogP contribution in [-0.2, 0) is 11.3 Å². The first kappa shape index (κ1) is 16.3. The highest BCUT2D eigenvalue weighted by Gasteiger charge is 2.39. The summed E-state index contributed by atoms with van der Waals surface area (Å²) in [6, 6.07) is 0.332. The molecule has 0 radical (unpaired) electrons. The first-order valence-corrected chi connectivity index (χ1v) is 9.39. The number of nitrogens with one attached hydrogen (secondary N) is 1. The van der Waals surface area contributed by atoms with Crippen molar-refractivity contribution in [2.75, 3.05) is 18.0 Å². The van der Waals surface area contributed by atoms with E-state index in [4.69, 9.17) is 0 Å². The molecule has 3 unspecified atom stereocenters. The SMILES string of the molecule is CCC(=O)NC1CCC2CN(c3ncnc4c3ncn4CC)CC2C1. The third-order valence-corrected chi connectivity index (χ3v) is 5.76. The molecule has 3 atom stereocenters. The van der Waals surface area contributed by atoms with Crippen molar-refractivity contribution in [2.24, 2.45) is 11.8 Å². The summed E-state index contributed by atoms with van der Waals surface area (Å²) in [5, 5.41) is 3.18. The van der Waals surface area contributed by atoms with Crippen LogP contribution in [0.3, 0.4) is 0 Å². The van der Waals surface area contributed by atoms with Crippen LogP contribution in [0.4, 0.5) is 5.82 Å². The molecule has 4 rings (SSSR count). The lowest BCUT2D eigenvalue weighted by Gasteiger charge is -2.31. The fourth-order valence-electron chi connectivity index (χ4n) is 4.40. The average Bonchev–Trinajstić information content (AvgIpc) is 3.24. The van der Waals surface area contributed by atoms with E-state index in [1.54, 1.807) is 6.33 Å². The van der Waals surface area contributed by atoms with Crippen LogP contribution in [0, 0.1) is 11.8 Å². The van der Waals surface area contributed by atoms with Gasteiger partial charge in [-0.2, -0.15) is 0 Å². The van der Waals surface area contributed by atoms with E-state index in [0.717, 1.165) is 49.5 Å². The summed E-state index contributed by atoms with van der Waals surface area (Å²) < 4.78 is 2.06. The van der Waals surface area contributed by atoms with Crippen LogP contribution in [0.5, 0.6) is 0 Å². The molecule has 7 heteroatoms. The second-order valence-corrected chi connectivity index (χ2v) is 7.26. The van der Waals surface area contributed by atoms with Crippen LogP contribution >= 0.6 is 0 Å². The fraction of sp³-hybridized carbons (Fsp3) is 0.667. The Kier molecular flexibility index (Phi) is 4.31. The minimum absolute atomic E-state index is 0.168. The second-order valence-electron chi connectivity index (χ2n) is 7.26. The summed E-state index contributed by atoms with van der Waals surface area (Å²) >= 11 is 0. The van der Waals surface area contributed by atoms with Gasteiger partial charge in [0.15, 0.2) is 17.0 Å². The molecule has 2 aromatic rings. The fourth-order valence-corrected chi connectivity index (χ4v) is 4.40. The van der Waals surface area contributed by atoms with E-state index in [-0.39, 0.29) is 5.91 Å². The van der Waals surface area contributed by atoms with Gasteiger partial charge in [-0.25, -0.2) is 15.0 Å². The Hall–Kier alpha value is -2.18. The Balaban J connectivity index is 1.51. The molecule has 1 aliphatic carbocycles. The summed E-state index contributed by atoms with van der Waals surface area (Å²) in [4.78, 5) is 27.6. The third-order valence-electron chi connectivity index (χ3n) is 5.76. The molecule has 1 aliphatic heterocycles. The zero-order chi connectivity index (χ0) is 17.4. The van der Waals surface area contributed by atoms with Gasteiger partial charge in [-0.1, -0.05) is 6.92 Å². The lowest BCUT2D eigenvalue weighted by Crippen LogP contribution is -2.40. The van der Waals surface area contributed by atoms with Crippen LogP contribution < -0.4 is 10.2 Å². The Bertz CT molecular complexity index is 772. The summed E-state index contributed by atoms with van der Waals surface area (Å²) in [7, 11) is 0. The lowest BCUT2D eigenvalue weighted by molar-refractivity contribution is -0.121. The molecule has 1 amide bonds. The number of hydrogen-bond acceptors (Lipinski definition) is 5. The molecule has 25 heavy (non-hydrogen) atoms. The Morgan fingerprint density at radius 2 is 2.04 bits per heavy atom. The van der Waals surface area contributed by atoms with Gasteiger partial charge in [-0.3, -0.25) is 4.79 Å². The Labute approximate surface area is 147 Å². The molecule has 0 bridgehead atoms. The highest BCUT2D eigenvalue weighted by atomic mass is 16.1. The van der Waals surface area contributed by atoms with Gasteiger partial charge in [0.1, 0.15) is 6.33 Å². The highest BCUT2D eigenvalue weighted by Crippen LogP contribution is 2.38. The molecule has 3 heterocycles. The molecular formula is C18H26N6O. The van der Waals surface area contributed by atoms with Crippen molar-refractivity contribution in [1.29, 1.82) is 0 Å². The van der Waals surface area contributed by atoms with Crippen LogP contribution in [0.2, 0.25) is 0 Å². The number of amides is 1. The number of carbonyl (C=O) groups is 1. The molecule has 1 N–H and O–H groups in total. The standard InChI is InChI=1S/C18H26N6O/c1-3-15(25)22-14-6-5-12-8-24(9-13(12)7-14)18-16-17(19-10-20-18)23(4-2)11-21-16/h10-14H,3-9H2,1-2H3,(H,22,25). The average molecular weight is 342 g/mol. The summed E-state index contributed by atoms with van der Waals surface area (Å²) in [5.41, 5.74) is 1.81. The van der Waals surface area contributed by atoms with E-state index < -0.39 is 0 Å². The first-order chi connectivity index (χ1) is 12.2. The van der Waals surface area contributed by atoms with Gasteiger partial charge in [-0.15, -0.1) is 0 Å². The predicted molar refractivity (Wildman–Crippen MR) is 96.3 cm³/mol. The highest BCUT2D eigenvalue weighted by molar-refractivity contribution is 5.83. The van der Waals surface area contributed by atoms with E-state index >= 15 is 0 Å². The summed E-state index contributed by atoms with van der Waals surface area (Å²) in [6.45, 7) is 6.89. The molecule has 2 aromatic heterocycles. The molecular weight excluding hydrogens is 316 g/mol. The number of carbonyl (C=O) groups excluding carboxylic acids is 1. The maximum absolute atomic E-state index is 11.7. The molecule has 1 saturated heterocycles. The topological polar surface area (TPSA) is 75.9 Å². The summed E-state index contributed by atoms with van der Waals surface area (Å²) in [5.74, 6) is 2.43. The van der Waals surface area contributed by atoms with E-state index in [0.29, 0.717) is 24.3 Å². The number of rotatable bonds is 4. The zero-order valence-electron chi connectivity index (χ0n) is 15.0. The third kappa shape index (κ3) is 2.96. The molecule has 2 fully saturated rings. The van der Waals surface area contributed by atoms with Crippen molar-refractivity contribution in [3.05, 3.63) is 12.7 Å². The molecule has 0 spiro atoms. The number of hydrogen-bond donors (Lipinski definition) is 1. The van der Waals surface area contributed by atoms with Crippen molar-refractivity contribution in [3.8, 4) is 0 Å². The van der Waals surface area contributed by atoms with Gasteiger partial charge < -0.3 is 14.8 Å². The monoisotopic (exact) mass is 342 g/mol. The smallest absolute Gasteiger partial charge is 0.219 e. The number of fused-ring (bicyclic) bond motifs is 2. The minimum atomic E-state index is 0.168. The molecule has 134 valence electrons. The molecule has 0 aromatic carbocycles. The van der Waals surface area contributed by atoms with Crippen LogP contribution in [-0.4, -0.2) is 44.6 Å². The maximum Gasteiger partial charge on any atom is 0.219 e. The first-order valence-electron chi connectivity index (χ1n) is 9.39. The lowest BCUT2D eigenvalue weighted by atomic mass is 9.79. The quantitative estimate of drug-likeness (QED) is 0.919. The normalized spacial score (nSPS) is 26.0. The van der Waals surface area contributed by atoms with Crippen molar-refractivity contribution < 1.29 is 4.79 Å². The number of anilines is 1.